The largest absolute Gasteiger partial charge is 0.370 e. The van der Waals surface area contributed by atoms with Gasteiger partial charge in [0.15, 0.2) is 5.96 Å². The van der Waals surface area contributed by atoms with Crippen LogP contribution in [-0.2, 0) is 4.79 Å². The maximum atomic E-state index is 12.6. The van der Waals surface area contributed by atoms with Gasteiger partial charge < -0.3 is 27.0 Å². The summed E-state index contributed by atoms with van der Waals surface area (Å²) in [6.45, 7) is 6.18. The molecule has 0 bridgehead atoms. The Morgan fingerprint density at radius 1 is 0.595 bits per heavy atom. The van der Waals surface area contributed by atoms with Gasteiger partial charge in [-0.3, -0.25) is 10.2 Å². The predicted molar refractivity (Wildman–Crippen MR) is 157 cm³/mol. The first kappa shape index (κ1) is 35.0. The molecule has 0 aromatic carbocycles. The molecule has 0 radical (unpaired) electrons. The van der Waals surface area contributed by atoms with E-state index in [1.807, 2.05) is 0 Å². The van der Waals surface area contributed by atoms with Gasteiger partial charge in [0.25, 0.3) is 0 Å². The normalized spacial score (nSPS) is 11.6. The molecule has 0 saturated carbocycles. The van der Waals surface area contributed by atoms with E-state index in [1.165, 1.54) is 77.0 Å². The Kier molecular flexibility index (Phi) is 25.6. The smallest absolute Gasteiger partial charge is 0.315 e. The third kappa shape index (κ3) is 25.4. The summed E-state index contributed by atoms with van der Waals surface area (Å²) in [7, 11) is 0. The van der Waals surface area contributed by atoms with Crippen molar-refractivity contribution in [2.75, 3.05) is 19.6 Å². The number of amides is 3. The molecular weight excluding hydrogens is 464 g/mol. The van der Waals surface area contributed by atoms with Crippen molar-refractivity contribution in [3.05, 3.63) is 0 Å². The van der Waals surface area contributed by atoms with Crippen molar-refractivity contribution < 1.29 is 9.59 Å². The van der Waals surface area contributed by atoms with E-state index >= 15 is 0 Å². The number of urea groups is 1. The zero-order valence-electron chi connectivity index (χ0n) is 24.2. The van der Waals surface area contributed by atoms with Gasteiger partial charge in [-0.15, -0.1) is 0 Å². The molecule has 3 amide bonds. The molecule has 1 atom stereocenters. The van der Waals surface area contributed by atoms with Crippen molar-refractivity contribution in [2.45, 2.75) is 148 Å². The van der Waals surface area contributed by atoms with Gasteiger partial charge in [-0.05, 0) is 25.7 Å². The number of guanidine groups is 1. The van der Waals surface area contributed by atoms with Crippen LogP contribution in [0.2, 0.25) is 0 Å². The van der Waals surface area contributed by atoms with Crippen molar-refractivity contribution in [3.8, 4) is 0 Å². The molecule has 0 aromatic heterocycles. The van der Waals surface area contributed by atoms with Crippen LogP contribution in [0.5, 0.6) is 0 Å². The fourth-order valence-corrected chi connectivity index (χ4v) is 4.42. The number of nitrogens with one attached hydrogen (secondary N) is 5. The first-order valence-electron chi connectivity index (χ1n) is 15.4. The summed E-state index contributed by atoms with van der Waals surface area (Å²) in [6.07, 6.45) is 23.8. The van der Waals surface area contributed by atoms with Gasteiger partial charge in [0.1, 0.15) is 6.04 Å². The van der Waals surface area contributed by atoms with Crippen LogP contribution >= 0.6 is 0 Å². The van der Waals surface area contributed by atoms with Crippen LogP contribution in [0.1, 0.15) is 142 Å². The van der Waals surface area contributed by atoms with Gasteiger partial charge >= 0.3 is 6.03 Å². The lowest BCUT2D eigenvalue weighted by Gasteiger charge is -2.19. The molecule has 0 fully saturated rings. The Hall–Kier alpha value is -1.99. The molecule has 8 heteroatoms. The van der Waals surface area contributed by atoms with Crippen molar-refractivity contribution in [3.63, 3.8) is 0 Å². The molecule has 0 unspecified atom stereocenters. The number of carbonyl (C=O) groups is 2. The van der Waals surface area contributed by atoms with Gasteiger partial charge in [0, 0.05) is 19.6 Å². The number of hydrogen-bond acceptors (Lipinski definition) is 3. The third-order valence-electron chi connectivity index (χ3n) is 6.75. The molecule has 218 valence electrons. The van der Waals surface area contributed by atoms with Gasteiger partial charge in [-0.1, -0.05) is 117 Å². The van der Waals surface area contributed by atoms with E-state index in [4.69, 9.17) is 11.1 Å². The highest BCUT2D eigenvalue weighted by Gasteiger charge is 2.19. The molecular formula is C29H60N6O2. The first-order chi connectivity index (χ1) is 18.0. The maximum absolute atomic E-state index is 12.6. The molecule has 0 aliphatic heterocycles. The van der Waals surface area contributed by atoms with E-state index in [2.05, 4.69) is 35.1 Å². The highest BCUT2D eigenvalue weighted by molar-refractivity contribution is 5.86. The van der Waals surface area contributed by atoms with E-state index < -0.39 is 6.04 Å². The zero-order valence-corrected chi connectivity index (χ0v) is 24.2. The molecule has 0 aromatic rings. The molecule has 0 heterocycles. The lowest BCUT2D eigenvalue weighted by Crippen LogP contribution is -2.50. The molecule has 0 aliphatic carbocycles. The third-order valence-corrected chi connectivity index (χ3v) is 6.75. The molecule has 0 saturated heterocycles. The van der Waals surface area contributed by atoms with E-state index in [1.54, 1.807) is 0 Å². The highest BCUT2D eigenvalue weighted by Crippen LogP contribution is 2.12. The topological polar surface area (TPSA) is 132 Å². The monoisotopic (exact) mass is 524 g/mol. The minimum Gasteiger partial charge on any atom is -0.370 e. The van der Waals surface area contributed by atoms with Crippen LogP contribution in [0.4, 0.5) is 4.79 Å². The quantitative estimate of drug-likeness (QED) is 0.0464. The van der Waals surface area contributed by atoms with Crippen LogP contribution in [0.15, 0.2) is 0 Å². The van der Waals surface area contributed by atoms with Crippen LogP contribution in [0.3, 0.4) is 0 Å². The van der Waals surface area contributed by atoms with Gasteiger partial charge in [0.05, 0.1) is 0 Å². The molecule has 37 heavy (non-hydrogen) atoms. The Morgan fingerprint density at radius 3 is 1.49 bits per heavy atom. The van der Waals surface area contributed by atoms with Gasteiger partial charge in [0.2, 0.25) is 5.91 Å². The summed E-state index contributed by atoms with van der Waals surface area (Å²) in [5.41, 5.74) is 5.32. The Balaban J connectivity index is 3.92. The lowest BCUT2D eigenvalue weighted by atomic mass is 10.0. The molecule has 0 rings (SSSR count). The van der Waals surface area contributed by atoms with E-state index in [0.29, 0.717) is 32.5 Å². The highest BCUT2D eigenvalue weighted by atomic mass is 16.2. The van der Waals surface area contributed by atoms with Crippen LogP contribution < -0.4 is 27.0 Å². The standard InChI is InChI=1S/C29H60N6O2/c1-3-5-7-9-10-11-12-13-14-15-16-17-18-20-24-34-29(37)35-26(22-21-25-33-28(30)31)27(36)32-23-19-8-6-4-2/h26H,3-25H2,1-2H3,(H,32,36)(H4,30,31,33)(H2,34,35,37)/t26-/m0/s1. The second-order valence-corrected chi connectivity index (χ2v) is 10.4. The van der Waals surface area contributed by atoms with Crippen molar-refractivity contribution in [1.82, 2.24) is 21.3 Å². The minimum absolute atomic E-state index is 0.0872. The Morgan fingerprint density at radius 2 is 1.00 bits per heavy atom. The average molecular weight is 525 g/mol. The van der Waals surface area contributed by atoms with Crippen molar-refractivity contribution >= 4 is 17.9 Å². The Labute approximate surface area is 228 Å². The number of nitrogens with two attached hydrogens (primary N) is 1. The second kappa shape index (κ2) is 27.1. The Bertz CT molecular complexity index is 559. The maximum Gasteiger partial charge on any atom is 0.315 e. The number of rotatable bonds is 26. The fraction of sp³-hybridized carbons (Fsp3) is 0.897. The van der Waals surface area contributed by atoms with Crippen LogP contribution in [0, 0.1) is 5.41 Å². The van der Waals surface area contributed by atoms with Crippen molar-refractivity contribution in [1.29, 1.82) is 5.41 Å². The summed E-state index contributed by atoms with van der Waals surface area (Å²) < 4.78 is 0. The molecule has 8 nitrogen and oxygen atoms in total. The van der Waals surface area contributed by atoms with E-state index in [0.717, 1.165) is 38.5 Å². The predicted octanol–water partition coefficient (Wildman–Crippen LogP) is 6.10. The summed E-state index contributed by atoms with van der Waals surface area (Å²) in [5.74, 6) is -0.234. The molecule has 0 spiro atoms. The summed E-state index contributed by atoms with van der Waals surface area (Å²) >= 11 is 0. The summed E-state index contributed by atoms with van der Waals surface area (Å²) in [5, 5.41) is 18.7. The fourth-order valence-electron chi connectivity index (χ4n) is 4.42. The molecule has 7 N–H and O–H groups in total. The zero-order chi connectivity index (χ0) is 27.4. The van der Waals surface area contributed by atoms with Crippen LogP contribution in [-0.4, -0.2) is 43.6 Å². The lowest BCUT2D eigenvalue weighted by molar-refractivity contribution is -0.123. The molecule has 0 aliphatic rings. The number of hydrogen-bond donors (Lipinski definition) is 6. The van der Waals surface area contributed by atoms with E-state index in [-0.39, 0.29) is 17.9 Å². The SMILES string of the molecule is CCCCCCCCCCCCCCCCNC(=O)N[C@@H](CCCNC(=N)N)C(=O)NCCCCCC. The second-order valence-electron chi connectivity index (χ2n) is 10.4. The van der Waals surface area contributed by atoms with Gasteiger partial charge in [-0.2, -0.15) is 0 Å². The first-order valence-corrected chi connectivity index (χ1v) is 15.4. The minimum atomic E-state index is -0.587. The van der Waals surface area contributed by atoms with E-state index in [9.17, 15) is 9.59 Å². The average Bonchev–Trinajstić information content (AvgIpc) is 2.87. The van der Waals surface area contributed by atoms with Crippen molar-refractivity contribution in [2.24, 2.45) is 5.73 Å². The van der Waals surface area contributed by atoms with Crippen LogP contribution in [0.25, 0.3) is 0 Å². The van der Waals surface area contributed by atoms with Gasteiger partial charge in [-0.25, -0.2) is 4.79 Å². The summed E-state index contributed by atoms with van der Waals surface area (Å²) in [4.78, 5) is 25.0. The summed E-state index contributed by atoms with van der Waals surface area (Å²) in [6, 6.07) is -0.878. The number of carbonyl (C=O) groups excluding carboxylic acids is 2. The number of unbranched alkanes of at least 4 members (excludes halogenated alkanes) is 16.